The highest BCUT2D eigenvalue weighted by molar-refractivity contribution is 5.94. The lowest BCUT2D eigenvalue weighted by Gasteiger charge is -2.26. The summed E-state index contributed by atoms with van der Waals surface area (Å²) >= 11 is 0. The van der Waals surface area contributed by atoms with Gasteiger partial charge >= 0.3 is 0 Å². The Bertz CT molecular complexity index is 1870. The van der Waals surface area contributed by atoms with Crippen LogP contribution in [0.15, 0.2) is 86.1 Å². The number of piperidine rings is 1. The summed E-state index contributed by atoms with van der Waals surface area (Å²) in [5.74, 6) is 0.818. The van der Waals surface area contributed by atoms with Gasteiger partial charge in [0.2, 0.25) is 0 Å². The summed E-state index contributed by atoms with van der Waals surface area (Å²) in [5.41, 5.74) is 16.1. The molecule has 7 nitrogen and oxygen atoms in total. The Balaban J connectivity index is 1.29. The largest absolute Gasteiger partial charge is 0.398 e. The van der Waals surface area contributed by atoms with Crippen molar-refractivity contribution in [2.45, 2.75) is 46.1 Å². The van der Waals surface area contributed by atoms with Gasteiger partial charge in [-0.3, -0.25) is 14.9 Å². The van der Waals surface area contributed by atoms with Crippen LogP contribution in [0.3, 0.4) is 0 Å². The highest BCUT2D eigenvalue weighted by Crippen LogP contribution is 2.34. The van der Waals surface area contributed by atoms with Crippen molar-refractivity contribution in [1.29, 1.82) is 0 Å². The standard InChI is InChI=1S/C37H40FN7/c1-23(2)12-24(3)42-31-16-29(18-40-19-31)27-8-9-34(39)32(17-27)25(4)37-43-35-21-41-20-33(36(35)44-37)28-13-26(14-30(38)15-28)22-45-10-6-5-7-11-45/h8-9,13-21,23,42H,3-7,10-12,22,39H2,1-2H3,(H,43,44). The highest BCUT2D eigenvalue weighted by Gasteiger charge is 2.17. The average Bonchev–Trinajstić information content (AvgIpc) is 3.46. The van der Waals surface area contributed by atoms with Crippen molar-refractivity contribution in [3.05, 3.63) is 109 Å². The molecule has 3 aromatic heterocycles. The molecule has 1 aliphatic heterocycles. The first kappa shape index (κ1) is 30.2. The number of nitrogen functional groups attached to an aromatic ring is 1. The second-order valence-electron chi connectivity index (χ2n) is 12.4. The first-order chi connectivity index (χ1) is 21.7. The summed E-state index contributed by atoms with van der Waals surface area (Å²) in [4.78, 5) is 19.6. The van der Waals surface area contributed by atoms with E-state index >= 15 is 0 Å². The molecule has 1 saturated heterocycles. The fraction of sp³-hybridized carbons (Fsp3) is 0.270. The number of aromatic nitrogens is 4. The molecule has 45 heavy (non-hydrogen) atoms. The number of pyridine rings is 2. The normalized spacial score (nSPS) is 13.8. The SMILES string of the molecule is C=C(CC(C)C)Nc1cncc(-c2ccc(N)c(C(=C)c3nc4c(-c5cc(F)cc(CN6CCCCC6)c5)cncc4[nH]3)c2)c1. The van der Waals surface area contributed by atoms with Crippen LogP contribution in [0.4, 0.5) is 15.8 Å². The van der Waals surface area contributed by atoms with Crippen molar-refractivity contribution < 1.29 is 4.39 Å². The van der Waals surface area contributed by atoms with Crippen molar-refractivity contribution in [2.24, 2.45) is 5.92 Å². The van der Waals surface area contributed by atoms with E-state index in [1.165, 1.54) is 19.3 Å². The third kappa shape index (κ3) is 6.97. The molecule has 1 fully saturated rings. The van der Waals surface area contributed by atoms with Gasteiger partial charge < -0.3 is 16.0 Å². The quantitative estimate of drug-likeness (QED) is 0.139. The van der Waals surface area contributed by atoms with E-state index in [0.717, 1.165) is 76.3 Å². The van der Waals surface area contributed by atoms with Crippen LogP contribution in [0.1, 0.15) is 56.5 Å². The number of allylic oxidation sites excluding steroid dienone is 1. The predicted molar refractivity (Wildman–Crippen MR) is 183 cm³/mol. The topological polar surface area (TPSA) is 95.8 Å². The zero-order chi connectivity index (χ0) is 31.5. The second kappa shape index (κ2) is 13.0. The number of imidazole rings is 1. The summed E-state index contributed by atoms with van der Waals surface area (Å²) in [6.07, 6.45) is 11.6. The number of nitrogens with one attached hydrogen (secondary N) is 2. The maximum atomic E-state index is 14.9. The van der Waals surface area contributed by atoms with E-state index in [0.29, 0.717) is 28.5 Å². The zero-order valence-electron chi connectivity index (χ0n) is 26.0. The van der Waals surface area contributed by atoms with Crippen LogP contribution >= 0.6 is 0 Å². The molecule has 0 spiro atoms. The molecule has 0 aliphatic carbocycles. The molecular weight excluding hydrogens is 561 g/mol. The molecule has 2 aromatic carbocycles. The summed E-state index contributed by atoms with van der Waals surface area (Å²) < 4.78 is 14.9. The number of H-pyrrole nitrogens is 1. The first-order valence-corrected chi connectivity index (χ1v) is 15.6. The van der Waals surface area contributed by atoms with Crippen molar-refractivity contribution >= 4 is 28.0 Å². The third-order valence-electron chi connectivity index (χ3n) is 8.23. The zero-order valence-corrected chi connectivity index (χ0v) is 26.0. The number of anilines is 2. The number of aromatic amines is 1. The molecule has 0 radical (unpaired) electrons. The average molecular weight is 602 g/mol. The number of nitrogens with two attached hydrogens (primary N) is 1. The molecule has 1 aliphatic rings. The van der Waals surface area contributed by atoms with Crippen molar-refractivity contribution in [3.63, 3.8) is 0 Å². The highest BCUT2D eigenvalue weighted by atomic mass is 19.1. The summed E-state index contributed by atoms with van der Waals surface area (Å²) in [6.45, 7) is 15.7. The molecule has 5 aromatic rings. The Labute approximate surface area is 264 Å². The van der Waals surface area contributed by atoms with E-state index in [2.05, 4.69) is 52.2 Å². The maximum Gasteiger partial charge on any atom is 0.138 e. The molecule has 4 N–H and O–H groups in total. The fourth-order valence-electron chi connectivity index (χ4n) is 6.10. The van der Waals surface area contributed by atoms with Crippen molar-refractivity contribution in [2.75, 3.05) is 24.1 Å². The van der Waals surface area contributed by atoms with Crippen LogP contribution in [-0.4, -0.2) is 37.9 Å². The van der Waals surface area contributed by atoms with Crippen LogP contribution in [0.5, 0.6) is 0 Å². The van der Waals surface area contributed by atoms with Gasteiger partial charge in [-0.2, -0.15) is 0 Å². The van der Waals surface area contributed by atoms with E-state index < -0.39 is 0 Å². The summed E-state index contributed by atoms with van der Waals surface area (Å²) in [6, 6.07) is 13.1. The Morgan fingerprint density at radius 3 is 2.56 bits per heavy atom. The molecule has 0 saturated carbocycles. The molecule has 0 bridgehead atoms. The van der Waals surface area contributed by atoms with Gasteiger partial charge in [-0.15, -0.1) is 0 Å². The van der Waals surface area contributed by atoms with Crippen molar-refractivity contribution in [3.8, 4) is 22.3 Å². The molecular formula is C37H40FN7. The van der Waals surface area contributed by atoms with E-state index in [1.807, 2.05) is 36.5 Å². The van der Waals surface area contributed by atoms with Crippen LogP contribution in [0.25, 0.3) is 38.9 Å². The van der Waals surface area contributed by atoms with Gasteiger partial charge in [0.15, 0.2) is 0 Å². The lowest BCUT2D eigenvalue weighted by atomic mass is 9.98. The summed E-state index contributed by atoms with van der Waals surface area (Å²) in [5, 5.41) is 3.37. The number of likely N-dealkylation sites (tertiary alicyclic amines) is 1. The third-order valence-corrected chi connectivity index (χ3v) is 8.23. The predicted octanol–water partition coefficient (Wildman–Crippen LogP) is 8.43. The minimum absolute atomic E-state index is 0.265. The van der Waals surface area contributed by atoms with Gasteiger partial charge in [-0.25, -0.2) is 9.37 Å². The minimum atomic E-state index is -0.265. The molecule has 4 heterocycles. The van der Waals surface area contributed by atoms with E-state index in [-0.39, 0.29) is 5.82 Å². The molecule has 0 unspecified atom stereocenters. The van der Waals surface area contributed by atoms with Crippen LogP contribution < -0.4 is 11.1 Å². The Kier molecular flexibility index (Phi) is 8.76. The van der Waals surface area contributed by atoms with Gasteiger partial charge in [-0.05, 0) is 91.4 Å². The van der Waals surface area contributed by atoms with Crippen LogP contribution in [-0.2, 0) is 6.54 Å². The number of hydrogen-bond donors (Lipinski definition) is 3. The van der Waals surface area contributed by atoms with Gasteiger partial charge in [0.25, 0.3) is 0 Å². The van der Waals surface area contributed by atoms with Crippen LogP contribution in [0.2, 0.25) is 0 Å². The molecule has 0 amide bonds. The lowest BCUT2D eigenvalue weighted by Crippen LogP contribution is -2.29. The maximum absolute atomic E-state index is 14.9. The van der Waals surface area contributed by atoms with Crippen LogP contribution in [0, 0.1) is 11.7 Å². The molecule has 0 atom stereocenters. The van der Waals surface area contributed by atoms with Gasteiger partial charge in [0.1, 0.15) is 11.6 Å². The smallest absolute Gasteiger partial charge is 0.138 e. The van der Waals surface area contributed by atoms with Gasteiger partial charge in [-0.1, -0.05) is 39.5 Å². The number of nitrogens with zero attached hydrogens (tertiary/aromatic N) is 4. The molecule has 8 heteroatoms. The Morgan fingerprint density at radius 1 is 0.956 bits per heavy atom. The number of rotatable bonds is 10. The number of fused-ring (bicyclic) bond motifs is 1. The van der Waals surface area contributed by atoms with Crippen molar-refractivity contribution in [1.82, 2.24) is 24.8 Å². The molecule has 230 valence electrons. The second-order valence-corrected chi connectivity index (χ2v) is 12.4. The number of hydrogen-bond acceptors (Lipinski definition) is 6. The number of benzene rings is 2. The fourth-order valence-corrected chi connectivity index (χ4v) is 6.10. The van der Waals surface area contributed by atoms with E-state index in [9.17, 15) is 4.39 Å². The number of halogens is 1. The summed E-state index contributed by atoms with van der Waals surface area (Å²) in [7, 11) is 0. The first-order valence-electron chi connectivity index (χ1n) is 15.6. The molecule has 6 rings (SSSR count). The lowest BCUT2D eigenvalue weighted by molar-refractivity contribution is 0.220. The van der Waals surface area contributed by atoms with E-state index in [1.54, 1.807) is 30.7 Å². The van der Waals surface area contributed by atoms with Gasteiger partial charge in [0.05, 0.1) is 29.1 Å². The van der Waals surface area contributed by atoms with E-state index in [4.69, 9.17) is 10.7 Å². The minimum Gasteiger partial charge on any atom is -0.398 e. The Morgan fingerprint density at radius 2 is 1.76 bits per heavy atom. The monoisotopic (exact) mass is 601 g/mol. The van der Waals surface area contributed by atoms with Gasteiger partial charge in [0, 0.05) is 52.6 Å². The Hall–Kier alpha value is -4.82.